The van der Waals surface area contributed by atoms with Gasteiger partial charge in [-0.05, 0) is 24.1 Å². The standard InChI is InChI=1S/C15H19NO3S/c1-12-8-9-19-15(12)10-16-14(11-20(2,17)18)13-6-4-3-5-7-13/h3-9,14,16H,10-11H2,1-2H3/t14-/m1/s1. The van der Waals surface area contributed by atoms with Gasteiger partial charge in [0.05, 0.1) is 18.6 Å². The Morgan fingerprint density at radius 1 is 1.20 bits per heavy atom. The average Bonchev–Trinajstić information content (AvgIpc) is 2.80. The maximum Gasteiger partial charge on any atom is 0.149 e. The highest BCUT2D eigenvalue weighted by molar-refractivity contribution is 7.90. The van der Waals surface area contributed by atoms with Crippen molar-refractivity contribution < 1.29 is 12.8 Å². The minimum atomic E-state index is -3.07. The van der Waals surface area contributed by atoms with E-state index in [0.717, 1.165) is 16.9 Å². The zero-order valence-electron chi connectivity index (χ0n) is 11.7. The van der Waals surface area contributed by atoms with Gasteiger partial charge in [-0.3, -0.25) is 0 Å². The van der Waals surface area contributed by atoms with Crippen molar-refractivity contribution in [3.05, 3.63) is 59.5 Å². The molecule has 108 valence electrons. The SMILES string of the molecule is Cc1ccoc1CN[C@H](CS(C)(=O)=O)c1ccccc1. The molecule has 0 aliphatic rings. The molecular weight excluding hydrogens is 274 g/mol. The van der Waals surface area contributed by atoms with E-state index in [2.05, 4.69) is 5.32 Å². The van der Waals surface area contributed by atoms with Crippen molar-refractivity contribution in [2.75, 3.05) is 12.0 Å². The van der Waals surface area contributed by atoms with Crippen molar-refractivity contribution in [1.82, 2.24) is 5.32 Å². The fourth-order valence-electron chi connectivity index (χ4n) is 2.06. The van der Waals surface area contributed by atoms with Gasteiger partial charge in [0.25, 0.3) is 0 Å². The van der Waals surface area contributed by atoms with Gasteiger partial charge >= 0.3 is 0 Å². The zero-order chi connectivity index (χ0) is 14.6. The summed E-state index contributed by atoms with van der Waals surface area (Å²) < 4.78 is 28.5. The Kier molecular flexibility index (Phi) is 4.62. The van der Waals surface area contributed by atoms with Crippen LogP contribution in [0, 0.1) is 6.92 Å². The molecule has 0 fully saturated rings. The molecule has 1 N–H and O–H groups in total. The molecule has 0 saturated carbocycles. The molecule has 1 aromatic carbocycles. The number of hydrogen-bond acceptors (Lipinski definition) is 4. The first-order valence-electron chi connectivity index (χ1n) is 6.45. The Hall–Kier alpha value is -1.59. The van der Waals surface area contributed by atoms with Gasteiger partial charge in [0.15, 0.2) is 0 Å². The summed E-state index contributed by atoms with van der Waals surface area (Å²) in [5.41, 5.74) is 2.02. The lowest BCUT2D eigenvalue weighted by Gasteiger charge is -2.18. The van der Waals surface area contributed by atoms with Gasteiger partial charge in [0.2, 0.25) is 0 Å². The first kappa shape index (κ1) is 14.8. The number of nitrogens with one attached hydrogen (secondary N) is 1. The first-order valence-corrected chi connectivity index (χ1v) is 8.51. The van der Waals surface area contributed by atoms with E-state index in [1.807, 2.05) is 43.3 Å². The molecule has 1 atom stereocenters. The molecule has 0 bridgehead atoms. The van der Waals surface area contributed by atoms with E-state index in [1.54, 1.807) is 6.26 Å². The second-order valence-corrected chi connectivity index (χ2v) is 7.15. The van der Waals surface area contributed by atoms with Crippen LogP contribution in [0.2, 0.25) is 0 Å². The highest BCUT2D eigenvalue weighted by Gasteiger charge is 2.17. The third kappa shape index (κ3) is 4.21. The number of hydrogen-bond donors (Lipinski definition) is 1. The van der Waals surface area contributed by atoms with Gasteiger partial charge in [0.1, 0.15) is 15.6 Å². The van der Waals surface area contributed by atoms with Crippen LogP contribution in [0.4, 0.5) is 0 Å². The molecule has 0 amide bonds. The number of aryl methyl sites for hydroxylation is 1. The van der Waals surface area contributed by atoms with Crippen molar-refractivity contribution in [3.63, 3.8) is 0 Å². The molecule has 0 spiro atoms. The van der Waals surface area contributed by atoms with E-state index in [9.17, 15) is 8.42 Å². The van der Waals surface area contributed by atoms with E-state index >= 15 is 0 Å². The number of furan rings is 1. The number of benzene rings is 1. The van der Waals surface area contributed by atoms with Gasteiger partial charge in [0, 0.05) is 12.3 Å². The van der Waals surface area contributed by atoms with Gasteiger partial charge in [-0.15, -0.1) is 0 Å². The lowest BCUT2D eigenvalue weighted by atomic mass is 10.1. The minimum Gasteiger partial charge on any atom is -0.468 e. The second kappa shape index (κ2) is 6.24. The van der Waals surface area contributed by atoms with Gasteiger partial charge in [-0.2, -0.15) is 0 Å². The summed E-state index contributed by atoms with van der Waals surface area (Å²) in [6.45, 7) is 2.47. The molecule has 0 aliphatic heterocycles. The van der Waals surface area contributed by atoms with Crippen LogP contribution >= 0.6 is 0 Å². The van der Waals surface area contributed by atoms with Crippen molar-refractivity contribution in [3.8, 4) is 0 Å². The molecule has 0 unspecified atom stereocenters. The van der Waals surface area contributed by atoms with Crippen LogP contribution in [0.15, 0.2) is 47.1 Å². The van der Waals surface area contributed by atoms with Gasteiger partial charge in [-0.25, -0.2) is 8.42 Å². The normalized spacial score (nSPS) is 13.3. The van der Waals surface area contributed by atoms with Crippen LogP contribution < -0.4 is 5.32 Å². The molecule has 0 aliphatic carbocycles. The van der Waals surface area contributed by atoms with Crippen LogP contribution in [0.3, 0.4) is 0 Å². The Morgan fingerprint density at radius 2 is 1.90 bits per heavy atom. The summed E-state index contributed by atoms with van der Waals surface area (Å²) in [4.78, 5) is 0. The van der Waals surface area contributed by atoms with Crippen LogP contribution in [-0.2, 0) is 16.4 Å². The highest BCUT2D eigenvalue weighted by Crippen LogP contribution is 2.17. The van der Waals surface area contributed by atoms with Crippen molar-refractivity contribution in [1.29, 1.82) is 0 Å². The minimum absolute atomic E-state index is 0.0662. The largest absolute Gasteiger partial charge is 0.468 e. The quantitative estimate of drug-likeness (QED) is 0.889. The summed E-state index contributed by atoms with van der Waals surface area (Å²) in [6.07, 6.45) is 2.89. The molecule has 2 aromatic rings. The summed E-state index contributed by atoms with van der Waals surface area (Å²) in [6, 6.07) is 11.2. The highest BCUT2D eigenvalue weighted by atomic mass is 32.2. The van der Waals surface area contributed by atoms with Gasteiger partial charge in [-0.1, -0.05) is 30.3 Å². The van der Waals surface area contributed by atoms with Crippen molar-refractivity contribution in [2.24, 2.45) is 0 Å². The monoisotopic (exact) mass is 293 g/mol. The Bertz CT molecular complexity index is 647. The lowest BCUT2D eigenvalue weighted by molar-refractivity contribution is 0.457. The summed E-state index contributed by atoms with van der Waals surface area (Å²) in [7, 11) is -3.07. The second-order valence-electron chi connectivity index (χ2n) is 4.96. The molecule has 0 radical (unpaired) electrons. The molecule has 4 nitrogen and oxygen atoms in total. The summed E-state index contributed by atoms with van der Waals surface area (Å²) in [5, 5.41) is 3.26. The topological polar surface area (TPSA) is 59.3 Å². The van der Waals surface area contributed by atoms with E-state index in [0.29, 0.717) is 6.54 Å². The molecule has 1 aromatic heterocycles. The summed E-state index contributed by atoms with van der Waals surface area (Å²) >= 11 is 0. The van der Waals surface area contributed by atoms with Crippen LogP contribution in [0.25, 0.3) is 0 Å². The maximum absolute atomic E-state index is 11.6. The zero-order valence-corrected chi connectivity index (χ0v) is 12.5. The molecule has 2 rings (SSSR count). The molecule has 1 heterocycles. The number of rotatable bonds is 6. The maximum atomic E-state index is 11.6. The van der Waals surface area contributed by atoms with Crippen molar-refractivity contribution in [2.45, 2.75) is 19.5 Å². The van der Waals surface area contributed by atoms with Crippen LogP contribution in [0.5, 0.6) is 0 Å². The third-order valence-electron chi connectivity index (χ3n) is 3.15. The predicted octanol–water partition coefficient (Wildman–Crippen LogP) is 2.46. The Balaban J connectivity index is 2.13. The number of sulfone groups is 1. The molecular formula is C15H19NO3S. The fourth-order valence-corrected chi connectivity index (χ4v) is 2.98. The average molecular weight is 293 g/mol. The molecule has 0 saturated heterocycles. The Morgan fingerprint density at radius 3 is 2.45 bits per heavy atom. The van der Waals surface area contributed by atoms with Crippen LogP contribution in [-0.4, -0.2) is 20.4 Å². The molecule has 5 heteroatoms. The van der Waals surface area contributed by atoms with Gasteiger partial charge < -0.3 is 9.73 Å². The van der Waals surface area contributed by atoms with Crippen LogP contribution in [0.1, 0.15) is 22.9 Å². The molecule has 20 heavy (non-hydrogen) atoms. The summed E-state index contributed by atoms with van der Waals surface area (Å²) in [5.74, 6) is 0.899. The lowest BCUT2D eigenvalue weighted by Crippen LogP contribution is -2.27. The van der Waals surface area contributed by atoms with E-state index in [4.69, 9.17) is 4.42 Å². The predicted molar refractivity (Wildman–Crippen MR) is 79.2 cm³/mol. The fraction of sp³-hybridized carbons (Fsp3) is 0.333. The first-order chi connectivity index (χ1) is 9.46. The third-order valence-corrected chi connectivity index (χ3v) is 4.09. The van der Waals surface area contributed by atoms with Crippen molar-refractivity contribution >= 4 is 9.84 Å². The van der Waals surface area contributed by atoms with E-state index < -0.39 is 9.84 Å². The van der Waals surface area contributed by atoms with E-state index in [-0.39, 0.29) is 11.8 Å². The van der Waals surface area contributed by atoms with E-state index in [1.165, 1.54) is 6.26 Å². The Labute approximate surface area is 119 Å². The smallest absolute Gasteiger partial charge is 0.149 e.